The highest BCUT2D eigenvalue weighted by Gasteiger charge is 2.15. The van der Waals surface area contributed by atoms with Gasteiger partial charge < -0.3 is 9.47 Å². The molecule has 4 aromatic rings. The van der Waals surface area contributed by atoms with Crippen LogP contribution in [0.15, 0.2) is 91.0 Å². The molecular weight excluding hydrogens is 384 g/mol. The summed E-state index contributed by atoms with van der Waals surface area (Å²) in [4.78, 5) is 0. The van der Waals surface area contributed by atoms with Gasteiger partial charge in [-0.3, -0.25) is 0 Å². The van der Waals surface area contributed by atoms with Crippen molar-refractivity contribution < 1.29 is 9.47 Å². The fraction of sp³-hybridized carbons (Fsp3) is 0.0370. The average molecular weight is 402 g/mol. The molecule has 0 spiro atoms. The number of hydrogen-bond donors (Lipinski definition) is 0. The Kier molecular flexibility index (Phi) is 5.65. The second-order valence-corrected chi connectivity index (χ2v) is 6.96. The van der Waals surface area contributed by atoms with Crippen molar-refractivity contribution in [3.05, 3.63) is 96.6 Å². The molecule has 0 aliphatic carbocycles. The van der Waals surface area contributed by atoms with Crippen LogP contribution < -0.4 is 9.47 Å². The molecule has 31 heavy (non-hydrogen) atoms. The largest absolute Gasteiger partial charge is 0.388 e. The minimum absolute atomic E-state index is 0.502. The molecule has 0 saturated heterocycles. The van der Waals surface area contributed by atoms with Crippen molar-refractivity contribution in [3.63, 3.8) is 0 Å². The molecule has 4 nitrogen and oxygen atoms in total. The molecule has 0 aromatic heterocycles. The van der Waals surface area contributed by atoms with Gasteiger partial charge in [0.1, 0.15) is 11.5 Å². The molecule has 0 aliphatic heterocycles. The van der Waals surface area contributed by atoms with Crippen molar-refractivity contribution >= 4 is 0 Å². The first kappa shape index (κ1) is 19.8. The lowest BCUT2D eigenvalue weighted by atomic mass is 9.86. The molecule has 4 heteroatoms. The molecule has 0 heterocycles. The Labute approximate surface area is 181 Å². The lowest BCUT2D eigenvalue weighted by molar-refractivity contribution is 0.507. The van der Waals surface area contributed by atoms with E-state index in [1.54, 1.807) is 36.8 Å². The van der Waals surface area contributed by atoms with E-state index in [0.29, 0.717) is 11.5 Å². The van der Waals surface area contributed by atoms with Crippen LogP contribution in [0.25, 0.3) is 33.4 Å². The zero-order chi connectivity index (χ0) is 21.6. The third-order valence-electron chi connectivity index (χ3n) is 5.19. The quantitative estimate of drug-likeness (QED) is 0.348. The summed E-state index contributed by atoms with van der Waals surface area (Å²) in [5.74, 6) is 1.01. The summed E-state index contributed by atoms with van der Waals surface area (Å²) in [6.45, 7) is 2.12. The Morgan fingerprint density at radius 3 is 1.58 bits per heavy atom. The van der Waals surface area contributed by atoms with Gasteiger partial charge in [-0.25, -0.2) is 0 Å². The third-order valence-corrected chi connectivity index (χ3v) is 5.19. The van der Waals surface area contributed by atoms with Crippen LogP contribution in [-0.2, 0) is 0 Å². The van der Waals surface area contributed by atoms with E-state index in [1.165, 1.54) is 0 Å². The van der Waals surface area contributed by atoms with Gasteiger partial charge in [0, 0.05) is 0 Å². The summed E-state index contributed by atoms with van der Waals surface area (Å²) in [6, 6.07) is 29.5. The van der Waals surface area contributed by atoms with Gasteiger partial charge in [-0.15, -0.1) is 10.5 Å². The van der Waals surface area contributed by atoms with E-state index >= 15 is 0 Å². The predicted molar refractivity (Wildman–Crippen MR) is 120 cm³/mol. The Morgan fingerprint density at radius 2 is 1.03 bits per heavy atom. The molecule has 0 atom stereocenters. The van der Waals surface area contributed by atoms with Gasteiger partial charge in [-0.2, -0.15) is 0 Å². The fourth-order valence-electron chi connectivity index (χ4n) is 3.75. The number of hydrogen-bond acceptors (Lipinski definition) is 4. The summed E-state index contributed by atoms with van der Waals surface area (Å²) in [7, 11) is 0. The first-order chi connectivity index (χ1) is 15.2. The topological polar surface area (TPSA) is 66.0 Å². The molecule has 0 saturated carbocycles. The molecule has 0 N–H and O–H groups in total. The number of ether oxygens (including phenoxy) is 2. The Balaban J connectivity index is 1.89. The molecule has 0 radical (unpaired) electrons. The summed E-state index contributed by atoms with van der Waals surface area (Å²) in [5, 5.41) is 17.5. The summed E-state index contributed by atoms with van der Waals surface area (Å²) >= 11 is 0. The van der Waals surface area contributed by atoms with E-state index in [2.05, 4.69) is 31.2 Å². The van der Waals surface area contributed by atoms with Gasteiger partial charge >= 0.3 is 0 Å². The molecular formula is C27H18N2O2. The van der Waals surface area contributed by atoms with Crippen LogP contribution in [0, 0.1) is 30.0 Å². The molecule has 148 valence electrons. The van der Waals surface area contributed by atoms with Crippen LogP contribution >= 0.6 is 0 Å². The van der Waals surface area contributed by atoms with Crippen molar-refractivity contribution in [1.82, 2.24) is 0 Å². The Bertz CT molecular complexity index is 1280. The van der Waals surface area contributed by atoms with Crippen LogP contribution in [0.1, 0.15) is 5.56 Å². The van der Waals surface area contributed by atoms with Gasteiger partial charge in [0.15, 0.2) is 0 Å². The minimum atomic E-state index is 0.502. The lowest BCUT2D eigenvalue weighted by Gasteiger charge is -2.18. The molecule has 0 amide bonds. The first-order valence-corrected chi connectivity index (χ1v) is 9.73. The van der Waals surface area contributed by atoms with Crippen LogP contribution in [0.4, 0.5) is 0 Å². The zero-order valence-electron chi connectivity index (χ0n) is 16.9. The highest BCUT2D eigenvalue weighted by Crippen LogP contribution is 2.40. The van der Waals surface area contributed by atoms with Gasteiger partial charge in [0.05, 0.1) is 0 Å². The Hall–Kier alpha value is -4.54. The SMILES string of the molecule is Cc1c(-c2ccccc2)ccc(-c2ccc(OC#N)cc2)c1-c1ccc(OC#N)cc1. The molecule has 4 aromatic carbocycles. The van der Waals surface area contributed by atoms with E-state index in [1.807, 2.05) is 42.5 Å². The lowest BCUT2D eigenvalue weighted by Crippen LogP contribution is -1.94. The van der Waals surface area contributed by atoms with E-state index in [4.69, 9.17) is 20.0 Å². The minimum Gasteiger partial charge on any atom is -0.388 e. The molecule has 0 unspecified atom stereocenters. The van der Waals surface area contributed by atoms with E-state index < -0.39 is 0 Å². The number of nitriles is 2. The Morgan fingerprint density at radius 1 is 0.548 bits per heavy atom. The standard InChI is InChI=1S/C27H18N2O2/c1-19-25(20-5-3-2-4-6-20)15-16-26(21-7-11-23(12-8-21)30-17-28)27(19)22-9-13-24(14-10-22)31-18-29/h2-16H,1H3. The van der Waals surface area contributed by atoms with Crippen molar-refractivity contribution in [2.45, 2.75) is 6.92 Å². The van der Waals surface area contributed by atoms with Crippen LogP contribution in [0.5, 0.6) is 11.5 Å². The fourth-order valence-corrected chi connectivity index (χ4v) is 3.75. The number of nitrogens with zero attached hydrogens (tertiary/aromatic N) is 2. The third kappa shape index (κ3) is 4.10. The van der Waals surface area contributed by atoms with Crippen molar-refractivity contribution in [2.75, 3.05) is 0 Å². The molecule has 4 rings (SSSR count). The highest BCUT2D eigenvalue weighted by molar-refractivity contribution is 5.90. The summed E-state index contributed by atoms with van der Waals surface area (Å²) < 4.78 is 9.85. The molecule has 0 fully saturated rings. The maximum absolute atomic E-state index is 8.76. The van der Waals surface area contributed by atoms with Gasteiger partial charge in [-0.1, -0.05) is 66.7 Å². The second-order valence-electron chi connectivity index (χ2n) is 6.96. The van der Waals surface area contributed by atoms with E-state index in [0.717, 1.165) is 38.9 Å². The summed E-state index contributed by atoms with van der Waals surface area (Å²) in [5.41, 5.74) is 7.65. The molecule has 0 bridgehead atoms. The maximum atomic E-state index is 8.76. The van der Waals surface area contributed by atoms with Crippen LogP contribution in [0.3, 0.4) is 0 Å². The van der Waals surface area contributed by atoms with Gasteiger partial charge in [0.2, 0.25) is 0 Å². The second kappa shape index (κ2) is 8.86. The normalized spacial score (nSPS) is 10.0. The smallest absolute Gasteiger partial charge is 0.292 e. The molecule has 0 aliphatic rings. The van der Waals surface area contributed by atoms with E-state index in [9.17, 15) is 0 Å². The number of rotatable bonds is 5. The van der Waals surface area contributed by atoms with Gasteiger partial charge in [0.25, 0.3) is 12.5 Å². The highest BCUT2D eigenvalue weighted by atomic mass is 16.5. The zero-order valence-corrected chi connectivity index (χ0v) is 16.9. The van der Waals surface area contributed by atoms with Gasteiger partial charge in [-0.05, 0) is 70.1 Å². The van der Waals surface area contributed by atoms with Crippen molar-refractivity contribution in [1.29, 1.82) is 10.5 Å². The predicted octanol–water partition coefficient (Wildman–Crippen LogP) is 6.72. The van der Waals surface area contributed by atoms with Crippen LogP contribution in [0.2, 0.25) is 0 Å². The number of benzene rings is 4. The van der Waals surface area contributed by atoms with Crippen molar-refractivity contribution in [2.24, 2.45) is 0 Å². The van der Waals surface area contributed by atoms with Crippen LogP contribution in [-0.4, -0.2) is 0 Å². The average Bonchev–Trinajstić information content (AvgIpc) is 2.81. The first-order valence-electron chi connectivity index (χ1n) is 9.73. The van der Waals surface area contributed by atoms with E-state index in [-0.39, 0.29) is 0 Å². The van der Waals surface area contributed by atoms with Crippen molar-refractivity contribution in [3.8, 4) is 57.4 Å². The maximum Gasteiger partial charge on any atom is 0.292 e. The monoisotopic (exact) mass is 402 g/mol. The summed E-state index contributed by atoms with van der Waals surface area (Å²) in [6.07, 6.45) is 3.40.